The van der Waals surface area contributed by atoms with Gasteiger partial charge in [-0.3, -0.25) is 18.7 Å². The third kappa shape index (κ3) is 4.13. The van der Waals surface area contributed by atoms with Crippen LogP contribution in [-0.4, -0.2) is 53.2 Å². The first kappa shape index (κ1) is 21.7. The van der Waals surface area contributed by atoms with Crippen molar-refractivity contribution >= 4 is 11.7 Å². The van der Waals surface area contributed by atoms with Gasteiger partial charge in [-0.1, -0.05) is 0 Å². The second-order valence-corrected chi connectivity index (χ2v) is 8.06. The van der Waals surface area contributed by atoms with Gasteiger partial charge in [-0.05, 0) is 52.0 Å². The highest BCUT2D eigenvalue weighted by molar-refractivity contribution is 5.94. The predicted octanol–water partition coefficient (Wildman–Crippen LogP) is 2.14. The summed E-state index contributed by atoms with van der Waals surface area (Å²) in [5, 5.41) is 0. The van der Waals surface area contributed by atoms with Gasteiger partial charge in [0.2, 0.25) is 0 Å². The second kappa shape index (κ2) is 8.77. The van der Waals surface area contributed by atoms with Crippen molar-refractivity contribution < 1.29 is 9.53 Å². The fourth-order valence-electron chi connectivity index (χ4n) is 3.82. The largest absolute Gasteiger partial charge is 0.497 e. The van der Waals surface area contributed by atoms with Gasteiger partial charge in [0, 0.05) is 49.9 Å². The summed E-state index contributed by atoms with van der Waals surface area (Å²) in [6.07, 6.45) is 0. The standard InChI is InChI=1S/C22H30N4O4/c1-15(2)25-19(14-20(27)26(16(3)4)22(25)29)23-10-12-24(13-11-23)21(28)17-6-8-18(30-5)9-7-17/h6-9,14-16H,10-13H2,1-5H3. The Morgan fingerprint density at radius 1 is 0.900 bits per heavy atom. The molecule has 1 aliphatic rings. The van der Waals surface area contributed by atoms with E-state index in [1.165, 1.54) is 4.57 Å². The van der Waals surface area contributed by atoms with Crippen LogP contribution in [0.2, 0.25) is 0 Å². The summed E-state index contributed by atoms with van der Waals surface area (Å²) in [6, 6.07) is 8.32. The molecule has 8 heteroatoms. The molecule has 0 bridgehead atoms. The second-order valence-electron chi connectivity index (χ2n) is 8.06. The van der Waals surface area contributed by atoms with Gasteiger partial charge in [-0.15, -0.1) is 0 Å². The van der Waals surface area contributed by atoms with E-state index in [1.54, 1.807) is 46.9 Å². The van der Waals surface area contributed by atoms with E-state index in [2.05, 4.69) is 0 Å². The Hall–Kier alpha value is -3.03. The van der Waals surface area contributed by atoms with Crippen LogP contribution in [0.5, 0.6) is 5.75 Å². The number of amides is 1. The quantitative estimate of drug-likeness (QED) is 0.749. The van der Waals surface area contributed by atoms with Gasteiger partial charge in [0.25, 0.3) is 11.5 Å². The Labute approximate surface area is 176 Å². The summed E-state index contributed by atoms with van der Waals surface area (Å²) in [7, 11) is 1.59. The summed E-state index contributed by atoms with van der Waals surface area (Å²) in [5.74, 6) is 1.29. The van der Waals surface area contributed by atoms with E-state index in [9.17, 15) is 14.4 Å². The monoisotopic (exact) mass is 414 g/mol. The number of rotatable bonds is 5. The molecule has 8 nitrogen and oxygen atoms in total. The third-order valence-corrected chi connectivity index (χ3v) is 5.41. The minimum Gasteiger partial charge on any atom is -0.497 e. The topological polar surface area (TPSA) is 76.8 Å². The molecule has 1 amide bonds. The minimum atomic E-state index is -0.293. The van der Waals surface area contributed by atoms with Gasteiger partial charge < -0.3 is 14.5 Å². The first-order chi connectivity index (χ1) is 14.2. The normalized spacial score (nSPS) is 14.5. The highest BCUT2D eigenvalue weighted by atomic mass is 16.5. The van der Waals surface area contributed by atoms with Crippen LogP contribution in [0, 0.1) is 0 Å². The smallest absolute Gasteiger partial charge is 0.333 e. The lowest BCUT2D eigenvalue weighted by Gasteiger charge is -2.37. The van der Waals surface area contributed by atoms with Crippen molar-refractivity contribution in [1.82, 2.24) is 14.0 Å². The Kier molecular flexibility index (Phi) is 6.34. The zero-order valence-corrected chi connectivity index (χ0v) is 18.3. The number of carbonyl (C=O) groups excluding carboxylic acids is 1. The first-order valence-corrected chi connectivity index (χ1v) is 10.3. The molecule has 1 aliphatic heterocycles. The van der Waals surface area contributed by atoms with Gasteiger partial charge >= 0.3 is 5.69 Å². The van der Waals surface area contributed by atoms with E-state index < -0.39 is 0 Å². The summed E-state index contributed by atoms with van der Waals surface area (Å²) in [4.78, 5) is 42.2. The molecule has 0 N–H and O–H groups in total. The zero-order chi connectivity index (χ0) is 22.0. The Balaban J connectivity index is 1.81. The van der Waals surface area contributed by atoms with Crippen LogP contribution in [0.1, 0.15) is 50.1 Å². The van der Waals surface area contributed by atoms with Crippen LogP contribution >= 0.6 is 0 Å². The molecule has 1 aromatic carbocycles. The maximum atomic E-state index is 13.0. The highest BCUT2D eigenvalue weighted by Gasteiger charge is 2.26. The van der Waals surface area contributed by atoms with Crippen molar-refractivity contribution in [2.45, 2.75) is 39.8 Å². The molecule has 0 spiro atoms. The molecule has 162 valence electrons. The summed E-state index contributed by atoms with van der Waals surface area (Å²) in [5.41, 5.74) is 0.0285. The van der Waals surface area contributed by atoms with E-state index in [0.29, 0.717) is 43.3 Å². The molecule has 1 fully saturated rings. The number of hydrogen-bond donors (Lipinski definition) is 0. The maximum absolute atomic E-state index is 13.0. The molecule has 0 aliphatic carbocycles. The van der Waals surface area contributed by atoms with Crippen LogP contribution in [0.25, 0.3) is 0 Å². The van der Waals surface area contributed by atoms with E-state index >= 15 is 0 Å². The lowest BCUT2D eigenvalue weighted by atomic mass is 10.1. The molecule has 30 heavy (non-hydrogen) atoms. The predicted molar refractivity (Wildman–Crippen MR) is 117 cm³/mol. The Morgan fingerprint density at radius 2 is 1.47 bits per heavy atom. The number of piperazine rings is 1. The number of benzene rings is 1. The lowest BCUT2D eigenvalue weighted by Crippen LogP contribution is -2.51. The molecule has 3 rings (SSSR count). The lowest BCUT2D eigenvalue weighted by molar-refractivity contribution is 0.0746. The van der Waals surface area contributed by atoms with Crippen LogP contribution in [-0.2, 0) is 0 Å². The Bertz CT molecular complexity index is 1010. The summed E-state index contributed by atoms with van der Waals surface area (Å²) >= 11 is 0. The van der Waals surface area contributed by atoms with Crippen molar-refractivity contribution in [2.75, 3.05) is 38.2 Å². The summed E-state index contributed by atoms with van der Waals surface area (Å²) < 4.78 is 8.10. The summed E-state index contributed by atoms with van der Waals surface area (Å²) in [6.45, 7) is 9.67. The van der Waals surface area contributed by atoms with E-state index in [4.69, 9.17) is 4.74 Å². The number of nitrogens with zero attached hydrogens (tertiary/aromatic N) is 4. The molecular formula is C22H30N4O4. The number of anilines is 1. The van der Waals surface area contributed by atoms with Crippen molar-refractivity contribution in [2.24, 2.45) is 0 Å². The van der Waals surface area contributed by atoms with Gasteiger partial charge in [0.05, 0.1) is 7.11 Å². The van der Waals surface area contributed by atoms with E-state index in [1.807, 2.05) is 32.6 Å². The Morgan fingerprint density at radius 3 is 1.97 bits per heavy atom. The number of methoxy groups -OCH3 is 1. The zero-order valence-electron chi connectivity index (χ0n) is 18.3. The number of carbonyl (C=O) groups is 1. The average molecular weight is 415 g/mol. The molecular weight excluding hydrogens is 384 g/mol. The van der Waals surface area contributed by atoms with Crippen LogP contribution in [0.15, 0.2) is 39.9 Å². The number of hydrogen-bond acceptors (Lipinski definition) is 5. The fraction of sp³-hybridized carbons (Fsp3) is 0.500. The van der Waals surface area contributed by atoms with Crippen LogP contribution < -0.4 is 20.9 Å². The molecule has 0 unspecified atom stereocenters. The molecule has 0 radical (unpaired) electrons. The molecule has 2 heterocycles. The molecule has 0 atom stereocenters. The molecule has 1 saturated heterocycles. The van der Waals surface area contributed by atoms with E-state index in [-0.39, 0.29) is 29.2 Å². The third-order valence-electron chi connectivity index (χ3n) is 5.41. The van der Waals surface area contributed by atoms with Gasteiger partial charge in [-0.25, -0.2) is 4.79 Å². The molecule has 0 saturated carbocycles. The van der Waals surface area contributed by atoms with Crippen molar-refractivity contribution in [3.8, 4) is 5.75 Å². The van der Waals surface area contributed by atoms with Gasteiger partial charge in [0.15, 0.2) is 0 Å². The number of aromatic nitrogens is 2. The SMILES string of the molecule is COc1ccc(C(=O)N2CCN(c3cc(=O)n(C(C)C)c(=O)n3C(C)C)CC2)cc1. The van der Waals surface area contributed by atoms with E-state index in [0.717, 1.165) is 0 Å². The van der Waals surface area contributed by atoms with Crippen LogP contribution in [0.4, 0.5) is 5.82 Å². The van der Waals surface area contributed by atoms with Gasteiger partial charge in [-0.2, -0.15) is 0 Å². The average Bonchev–Trinajstić information content (AvgIpc) is 2.72. The highest BCUT2D eigenvalue weighted by Crippen LogP contribution is 2.19. The number of ether oxygens (including phenoxy) is 1. The van der Waals surface area contributed by atoms with Crippen molar-refractivity contribution in [1.29, 1.82) is 0 Å². The molecule has 1 aromatic heterocycles. The minimum absolute atomic E-state index is 0.0335. The maximum Gasteiger partial charge on any atom is 0.333 e. The van der Waals surface area contributed by atoms with Gasteiger partial charge in [0.1, 0.15) is 11.6 Å². The first-order valence-electron chi connectivity index (χ1n) is 10.3. The molecule has 2 aromatic rings. The fourth-order valence-corrected chi connectivity index (χ4v) is 3.82. The van der Waals surface area contributed by atoms with Crippen molar-refractivity contribution in [3.05, 3.63) is 56.7 Å². The van der Waals surface area contributed by atoms with Crippen LogP contribution in [0.3, 0.4) is 0 Å². The van der Waals surface area contributed by atoms with Crippen molar-refractivity contribution in [3.63, 3.8) is 0 Å².